The first kappa shape index (κ1) is 26.8. The summed E-state index contributed by atoms with van der Waals surface area (Å²) in [6, 6.07) is -5.56. The number of nitrogens with zero attached hydrogens (tertiary/aromatic N) is 5. The van der Waals surface area contributed by atoms with Gasteiger partial charge in [0.2, 0.25) is 0 Å². The molecule has 0 bridgehead atoms. The molecule has 0 unspecified atom stereocenters. The average molecular weight is 520 g/mol. The number of urea groups is 1. The quantitative estimate of drug-likeness (QED) is 0.465. The number of alkyl halides is 6. The van der Waals surface area contributed by atoms with Crippen LogP contribution < -0.4 is 14.8 Å². The van der Waals surface area contributed by atoms with E-state index in [4.69, 9.17) is 9.47 Å². The van der Waals surface area contributed by atoms with Crippen molar-refractivity contribution in [1.29, 1.82) is 0 Å². The number of nitrogens with one attached hydrogen (secondary N) is 1. The number of aromatic nitrogens is 4. The van der Waals surface area contributed by atoms with Crippen molar-refractivity contribution in [3.63, 3.8) is 0 Å². The highest BCUT2D eigenvalue weighted by Gasteiger charge is 2.48. The van der Waals surface area contributed by atoms with E-state index in [0.29, 0.717) is 12.6 Å². The molecule has 0 aliphatic rings. The van der Waals surface area contributed by atoms with E-state index in [9.17, 15) is 31.1 Å². The van der Waals surface area contributed by atoms with E-state index in [0.717, 1.165) is 12.3 Å². The van der Waals surface area contributed by atoms with Gasteiger partial charge in [-0.05, 0) is 19.9 Å². The minimum Gasteiger partial charge on any atom is -0.494 e. The standard InChI is InChI=1S/C21H22F6N6O3/c1-5-33(19(34)30-11(2)20(22,23)24)16(21(25,26)27)13-8-12(15(35-3)9-29-13)14-10-32-7-6-28-17(32)18(31-14)36-4/h6-11,16H,5H2,1-4H3,(H,30,34)/t11-,16-/m0/s1. The van der Waals surface area contributed by atoms with Gasteiger partial charge < -0.3 is 24.1 Å². The molecule has 3 aromatic rings. The van der Waals surface area contributed by atoms with Gasteiger partial charge in [-0.15, -0.1) is 0 Å². The van der Waals surface area contributed by atoms with Gasteiger partial charge in [0.15, 0.2) is 11.7 Å². The molecule has 2 amide bonds. The van der Waals surface area contributed by atoms with Crippen LogP contribution in [0, 0.1) is 0 Å². The Morgan fingerprint density at radius 1 is 1.14 bits per heavy atom. The third-order valence-electron chi connectivity index (χ3n) is 5.26. The average Bonchev–Trinajstić information content (AvgIpc) is 3.28. The molecule has 0 aliphatic heterocycles. The normalized spacial score (nSPS) is 13.8. The Hall–Kier alpha value is -3.78. The fourth-order valence-electron chi connectivity index (χ4n) is 3.44. The zero-order valence-electron chi connectivity index (χ0n) is 19.5. The van der Waals surface area contributed by atoms with Crippen LogP contribution in [0.3, 0.4) is 0 Å². The van der Waals surface area contributed by atoms with Crippen LogP contribution in [-0.4, -0.2) is 69.4 Å². The Balaban J connectivity index is 2.12. The van der Waals surface area contributed by atoms with Crippen molar-refractivity contribution in [2.24, 2.45) is 0 Å². The van der Waals surface area contributed by atoms with Gasteiger partial charge in [0.05, 0.1) is 31.8 Å². The van der Waals surface area contributed by atoms with Gasteiger partial charge in [0, 0.05) is 30.7 Å². The summed E-state index contributed by atoms with van der Waals surface area (Å²) in [5, 5.41) is 1.56. The second-order valence-corrected chi connectivity index (χ2v) is 7.55. The first-order valence-corrected chi connectivity index (χ1v) is 10.4. The number of rotatable bonds is 7. The molecular weight excluding hydrogens is 498 g/mol. The smallest absolute Gasteiger partial charge is 0.414 e. The van der Waals surface area contributed by atoms with Crippen LogP contribution in [0.15, 0.2) is 30.9 Å². The molecule has 0 saturated carbocycles. The number of carbonyl (C=O) groups is 1. The van der Waals surface area contributed by atoms with Gasteiger partial charge in [-0.25, -0.2) is 14.8 Å². The van der Waals surface area contributed by atoms with E-state index < -0.39 is 42.7 Å². The number of fused-ring (bicyclic) bond motifs is 1. The summed E-state index contributed by atoms with van der Waals surface area (Å²) in [5.41, 5.74) is -0.0838. The van der Waals surface area contributed by atoms with Gasteiger partial charge in [-0.1, -0.05) is 0 Å². The number of halogens is 6. The Morgan fingerprint density at radius 3 is 2.39 bits per heavy atom. The van der Waals surface area contributed by atoms with Crippen LogP contribution in [0.2, 0.25) is 0 Å². The van der Waals surface area contributed by atoms with E-state index >= 15 is 0 Å². The predicted octanol–water partition coefficient (Wildman–Crippen LogP) is 4.39. The van der Waals surface area contributed by atoms with Gasteiger partial charge in [-0.3, -0.25) is 4.98 Å². The van der Waals surface area contributed by atoms with Crippen molar-refractivity contribution in [2.75, 3.05) is 20.8 Å². The number of carbonyl (C=O) groups excluding carboxylic acids is 1. The minimum absolute atomic E-state index is 0.0619. The summed E-state index contributed by atoms with van der Waals surface area (Å²) in [5.74, 6) is 0.146. The molecule has 0 aromatic carbocycles. The Labute approximate surface area is 201 Å². The molecule has 0 fully saturated rings. The molecule has 9 nitrogen and oxygen atoms in total. The van der Waals surface area contributed by atoms with Gasteiger partial charge in [0.25, 0.3) is 5.88 Å². The van der Waals surface area contributed by atoms with Crippen molar-refractivity contribution in [2.45, 2.75) is 38.3 Å². The predicted molar refractivity (Wildman–Crippen MR) is 115 cm³/mol. The van der Waals surface area contributed by atoms with Crippen molar-refractivity contribution >= 4 is 11.7 Å². The summed E-state index contributed by atoms with van der Waals surface area (Å²) < 4.78 is 93.3. The van der Waals surface area contributed by atoms with Crippen molar-refractivity contribution in [3.8, 4) is 22.9 Å². The molecule has 15 heteroatoms. The molecule has 196 valence electrons. The molecule has 0 spiro atoms. The van der Waals surface area contributed by atoms with E-state index in [1.54, 1.807) is 11.5 Å². The highest BCUT2D eigenvalue weighted by molar-refractivity contribution is 5.75. The van der Waals surface area contributed by atoms with Gasteiger partial charge in [-0.2, -0.15) is 26.3 Å². The molecule has 36 heavy (non-hydrogen) atoms. The number of amides is 2. The number of hydrogen-bond acceptors (Lipinski definition) is 6. The lowest BCUT2D eigenvalue weighted by Crippen LogP contribution is -2.52. The molecule has 2 atom stereocenters. The van der Waals surface area contributed by atoms with E-state index in [-0.39, 0.29) is 27.8 Å². The topological polar surface area (TPSA) is 93.9 Å². The monoisotopic (exact) mass is 520 g/mol. The first-order valence-electron chi connectivity index (χ1n) is 10.4. The Kier molecular flexibility index (Phi) is 7.50. The highest BCUT2D eigenvalue weighted by atomic mass is 19.4. The maximum Gasteiger partial charge on any atom is 0.414 e. The lowest BCUT2D eigenvalue weighted by atomic mass is 10.1. The second kappa shape index (κ2) is 10.1. The molecule has 0 radical (unpaired) electrons. The molecule has 0 saturated heterocycles. The third kappa shape index (κ3) is 5.39. The minimum atomic E-state index is -5.08. The molecule has 1 N–H and O–H groups in total. The number of methoxy groups -OCH3 is 2. The highest BCUT2D eigenvalue weighted by Crippen LogP contribution is 2.40. The maximum atomic E-state index is 14.2. The maximum absolute atomic E-state index is 14.2. The summed E-state index contributed by atoms with van der Waals surface area (Å²) in [6.07, 6.45) is -4.39. The fourth-order valence-corrected chi connectivity index (χ4v) is 3.44. The van der Waals surface area contributed by atoms with E-state index in [2.05, 4.69) is 15.0 Å². The molecular formula is C21H22F6N6O3. The van der Waals surface area contributed by atoms with Crippen LogP contribution in [0.5, 0.6) is 11.6 Å². The van der Waals surface area contributed by atoms with Crippen LogP contribution in [0.1, 0.15) is 25.6 Å². The number of hydrogen-bond donors (Lipinski definition) is 1. The summed E-state index contributed by atoms with van der Waals surface area (Å²) >= 11 is 0. The number of pyridine rings is 1. The second-order valence-electron chi connectivity index (χ2n) is 7.55. The molecule has 0 aliphatic carbocycles. The van der Waals surface area contributed by atoms with Gasteiger partial charge >= 0.3 is 18.4 Å². The van der Waals surface area contributed by atoms with Crippen LogP contribution in [-0.2, 0) is 0 Å². The summed E-state index contributed by atoms with van der Waals surface area (Å²) in [6.45, 7) is 1.28. The van der Waals surface area contributed by atoms with Crippen LogP contribution in [0.25, 0.3) is 16.9 Å². The zero-order chi connectivity index (χ0) is 26.8. The van der Waals surface area contributed by atoms with Crippen molar-refractivity contribution in [1.82, 2.24) is 29.6 Å². The number of imidazole rings is 1. The largest absolute Gasteiger partial charge is 0.494 e. The van der Waals surface area contributed by atoms with Crippen molar-refractivity contribution in [3.05, 3.63) is 36.5 Å². The lowest BCUT2D eigenvalue weighted by Gasteiger charge is -2.33. The summed E-state index contributed by atoms with van der Waals surface area (Å²) in [4.78, 5) is 24.9. The van der Waals surface area contributed by atoms with Gasteiger partial charge in [0.1, 0.15) is 11.8 Å². The zero-order valence-corrected chi connectivity index (χ0v) is 19.5. The first-order chi connectivity index (χ1) is 16.8. The molecule has 3 rings (SSSR count). The number of ether oxygens (including phenoxy) is 2. The SMILES string of the molecule is CCN(C(=O)N[C@@H](C)C(F)(F)F)[C@@H](c1cc(-c2cn3ccnc3c(OC)n2)c(OC)cn1)C(F)(F)F. The fraction of sp³-hybridized carbons (Fsp3) is 0.429. The molecule has 3 aromatic heterocycles. The summed E-state index contributed by atoms with van der Waals surface area (Å²) in [7, 11) is 2.62. The molecule has 3 heterocycles. The van der Waals surface area contributed by atoms with Crippen LogP contribution in [0.4, 0.5) is 31.1 Å². The van der Waals surface area contributed by atoms with E-state index in [1.807, 2.05) is 0 Å². The third-order valence-corrected chi connectivity index (χ3v) is 5.26. The lowest BCUT2D eigenvalue weighted by molar-refractivity contribution is -0.180. The van der Waals surface area contributed by atoms with Crippen molar-refractivity contribution < 1.29 is 40.6 Å². The van der Waals surface area contributed by atoms with E-state index in [1.165, 1.54) is 37.9 Å². The van der Waals surface area contributed by atoms with Crippen LogP contribution >= 0.6 is 0 Å². The Morgan fingerprint density at radius 2 is 1.83 bits per heavy atom. The Bertz CT molecular complexity index is 1230.